The van der Waals surface area contributed by atoms with Crippen molar-refractivity contribution < 1.29 is 14.3 Å². The number of para-hydroxylation sites is 2. The van der Waals surface area contributed by atoms with Gasteiger partial charge in [0.25, 0.3) is 5.91 Å². The van der Waals surface area contributed by atoms with Crippen molar-refractivity contribution in [1.82, 2.24) is 5.32 Å². The van der Waals surface area contributed by atoms with Crippen molar-refractivity contribution in [2.45, 2.75) is 19.4 Å². The van der Waals surface area contributed by atoms with E-state index in [0.29, 0.717) is 18.7 Å². The van der Waals surface area contributed by atoms with Crippen molar-refractivity contribution in [3.05, 3.63) is 59.7 Å². The molecule has 1 N–H and O–H groups in total. The summed E-state index contributed by atoms with van der Waals surface area (Å²) in [5.74, 6) is 1.38. The van der Waals surface area contributed by atoms with Crippen LogP contribution in [0.5, 0.6) is 11.5 Å². The van der Waals surface area contributed by atoms with Gasteiger partial charge in [0.2, 0.25) is 0 Å². The van der Waals surface area contributed by atoms with Gasteiger partial charge in [0, 0.05) is 5.56 Å². The lowest BCUT2D eigenvalue weighted by Crippen LogP contribution is -2.40. The van der Waals surface area contributed by atoms with E-state index < -0.39 is 0 Å². The second-order valence-corrected chi connectivity index (χ2v) is 5.26. The third kappa shape index (κ3) is 3.22. The smallest absolute Gasteiger partial charge is 0.251 e. The summed E-state index contributed by atoms with van der Waals surface area (Å²) >= 11 is 0. The lowest BCUT2D eigenvalue weighted by Gasteiger charge is -2.26. The van der Waals surface area contributed by atoms with Gasteiger partial charge in [0.05, 0.1) is 6.54 Å². The van der Waals surface area contributed by atoms with E-state index in [9.17, 15) is 4.79 Å². The van der Waals surface area contributed by atoms with Crippen molar-refractivity contribution >= 4 is 5.91 Å². The van der Waals surface area contributed by atoms with Crippen molar-refractivity contribution in [3.63, 3.8) is 0 Å². The molecule has 0 bridgehead atoms. The molecule has 22 heavy (non-hydrogen) atoms. The molecule has 0 unspecified atom stereocenters. The Hall–Kier alpha value is -2.49. The number of hydrogen-bond acceptors (Lipinski definition) is 3. The molecule has 4 nitrogen and oxygen atoms in total. The maximum Gasteiger partial charge on any atom is 0.251 e. The van der Waals surface area contributed by atoms with E-state index >= 15 is 0 Å². The van der Waals surface area contributed by atoms with Gasteiger partial charge in [-0.1, -0.05) is 31.2 Å². The average Bonchev–Trinajstić information content (AvgIpc) is 2.59. The highest BCUT2D eigenvalue weighted by molar-refractivity contribution is 5.94. The Bertz CT molecular complexity index is 652. The molecule has 0 aromatic heterocycles. The van der Waals surface area contributed by atoms with Gasteiger partial charge in [-0.05, 0) is 36.2 Å². The highest BCUT2D eigenvalue weighted by Crippen LogP contribution is 2.30. The number of hydrogen-bond donors (Lipinski definition) is 1. The van der Waals surface area contributed by atoms with Crippen molar-refractivity contribution in [2.75, 3.05) is 13.2 Å². The second kappa shape index (κ2) is 6.52. The van der Waals surface area contributed by atoms with E-state index in [0.717, 1.165) is 17.9 Å². The number of carbonyl (C=O) groups is 1. The van der Waals surface area contributed by atoms with Crippen LogP contribution in [-0.2, 0) is 6.42 Å². The highest BCUT2D eigenvalue weighted by Gasteiger charge is 2.21. The summed E-state index contributed by atoms with van der Waals surface area (Å²) < 4.78 is 11.4. The first-order valence-electron chi connectivity index (χ1n) is 7.52. The zero-order valence-corrected chi connectivity index (χ0v) is 12.5. The van der Waals surface area contributed by atoms with Gasteiger partial charge in [0.15, 0.2) is 11.5 Å². The normalized spacial score (nSPS) is 16.1. The van der Waals surface area contributed by atoms with E-state index in [1.54, 1.807) is 0 Å². The van der Waals surface area contributed by atoms with Crippen LogP contribution in [0.3, 0.4) is 0 Å². The molecule has 0 fully saturated rings. The topological polar surface area (TPSA) is 47.6 Å². The Balaban J connectivity index is 1.55. The van der Waals surface area contributed by atoms with Gasteiger partial charge < -0.3 is 14.8 Å². The molecule has 0 saturated heterocycles. The fourth-order valence-electron chi connectivity index (χ4n) is 2.36. The Labute approximate surface area is 130 Å². The van der Waals surface area contributed by atoms with Crippen LogP contribution in [0.15, 0.2) is 48.5 Å². The molecule has 1 amide bonds. The molecule has 1 aliphatic rings. The van der Waals surface area contributed by atoms with E-state index in [1.807, 2.05) is 48.5 Å². The summed E-state index contributed by atoms with van der Waals surface area (Å²) in [5, 5.41) is 2.89. The summed E-state index contributed by atoms with van der Waals surface area (Å²) in [4.78, 5) is 12.1. The fraction of sp³-hybridized carbons (Fsp3) is 0.278. The molecule has 114 valence electrons. The Morgan fingerprint density at radius 1 is 1.14 bits per heavy atom. The Kier molecular flexibility index (Phi) is 4.28. The SMILES string of the molecule is CCc1ccc(C(=O)NC[C@H]2COc3ccccc3O2)cc1. The van der Waals surface area contributed by atoms with Gasteiger partial charge in [0.1, 0.15) is 12.7 Å². The number of amides is 1. The maximum absolute atomic E-state index is 12.1. The van der Waals surface area contributed by atoms with Crippen LogP contribution >= 0.6 is 0 Å². The predicted octanol–water partition coefficient (Wildman–Crippen LogP) is 2.82. The van der Waals surface area contributed by atoms with E-state index in [1.165, 1.54) is 5.56 Å². The summed E-state index contributed by atoms with van der Waals surface area (Å²) in [6.07, 6.45) is 0.794. The molecule has 4 heteroatoms. The Morgan fingerprint density at radius 2 is 1.86 bits per heavy atom. The summed E-state index contributed by atoms with van der Waals surface area (Å²) in [7, 11) is 0. The monoisotopic (exact) mass is 297 g/mol. The van der Waals surface area contributed by atoms with E-state index in [4.69, 9.17) is 9.47 Å². The number of ether oxygens (including phenoxy) is 2. The first-order chi connectivity index (χ1) is 10.8. The molecular weight excluding hydrogens is 278 g/mol. The fourth-order valence-corrected chi connectivity index (χ4v) is 2.36. The lowest BCUT2D eigenvalue weighted by molar-refractivity contribution is 0.0789. The van der Waals surface area contributed by atoms with Crippen LogP contribution in [0.1, 0.15) is 22.8 Å². The number of fused-ring (bicyclic) bond motifs is 1. The van der Waals surface area contributed by atoms with Crippen LogP contribution in [0, 0.1) is 0 Å². The first-order valence-corrected chi connectivity index (χ1v) is 7.52. The molecule has 0 saturated carbocycles. The minimum Gasteiger partial charge on any atom is -0.486 e. The second-order valence-electron chi connectivity index (χ2n) is 5.26. The number of aryl methyl sites for hydroxylation is 1. The zero-order valence-electron chi connectivity index (χ0n) is 12.5. The van der Waals surface area contributed by atoms with Crippen LogP contribution < -0.4 is 14.8 Å². The van der Waals surface area contributed by atoms with Crippen LogP contribution in [0.4, 0.5) is 0 Å². The van der Waals surface area contributed by atoms with Gasteiger partial charge >= 0.3 is 0 Å². The molecule has 0 radical (unpaired) electrons. The summed E-state index contributed by atoms with van der Waals surface area (Å²) in [5.41, 5.74) is 1.88. The first kappa shape index (κ1) is 14.4. The highest BCUT2D eigenvalue weighted by atomic mass is 16.6. The Morgan fingerprint density at radius 3 is 2.59 bits per heavy atom. The quantitative estimate of drug-likeness (QED) is 0.944. The molecule has 2 aromatic carbocycles. The largest absolute Gasteiger partial charge is 0.486 e. The predicted molar refractivity (Wildman–Crippen MR) is 84.5 cm³/mol. The van der Waals surface area contributed by atoms with E-state index in [2.05, 4.69) is 12.2 Å². The summed E-state index contributed by atoms with van der Waals surface area (Å²) in [6, 6.07) is 15.2. The van der Waals surface area contributed by atoms with Gasteiger partial charge in [-0.3, -0.25) is 4.79 Å². The lowest BCUT2D eigenvalue weighted by atomic mass is 10.1. The van der Waals surface area contributed by atoms with Crippen molar-refractivity contribution in [3.8, 4) is 11.5 Å². The minimum absolute atomic E-state index is 0.0925. The van der Waals surface area contributed by atoms with E-state index in [-0.39, 0.29) is 12.0 Å². The third-order valence-electron chi connectivity index (χ3n) is 3.68. The summed E-state index contributed by atoms with van der Waals surface area (Å²) in [6.45, 7) is 2.95. The van der Waals surface area contributed by atoms with Gasteiger partial charge in [-0.15, -0.1) is 0 Å². The van der Waals surface area contributed by atoms with Crippen LogP contribution in [-0.4, -0.2) is 25.2 Å². The maximum atomic E-state index is 12.1. The van der Waals surface area contributed by atoms with Crippen molar-refractivity contribution in [2.24, 2.45) is 0 Å². The molecule has 0 spiro atoms. The minimum atomic E-state index is -0.172. The zero-order chi connectivity index (χ0) is 15.4. The van der Waals surface area contributed by atoms with Gasteiger partial charge in [-0.2, -0.15) is 0 Å². The molecule has 1 aliphatic heterocycles. The molecule has 2 aromatic rings. The molecule has 1 atom stereocenters. The molecule has 1 heterocycles. The number of rotatable bonds is 4. The third-order valence-corrected chi connectivity index (χ3v) is 3.68. The number of benzene rings is 2. The number of nitrogens with one attached hydrogen (secondary N) is 1. The van der Waals surface area contributed by atoms with Crippen LogP contribution in [0.25, 0.3) is 0 Å². The average molecular weight is 297 g/mol. The molecular formula is C18H19NO3. The van der Waals surface area contributed by atoms with Crippen LogP contribution in [0.2, 0.25) is 0 Å². The molecule has 0 aliphatic carbocycles. The molecule has 3 rings (SSSR count). The van der Waals surface area contributed by atoms with Crippen molar-refractivity contribution in [1.29, 1.82) is 0 Å². The number of carbonyl (C=O) groups excluding carboxylic acids is 1. The standard InChI is InChI=1S/C18H19NO3/c1-2-13-7-9-14(10-8-13)18(20)19-11-15-12-21-16-5-3-4-6-17(16)22-15/h3-10,15H,2,11-12H2,1H3,(H,19,20)/t15-/m0/s1. The van der Waals surface area contributed by atoms with Gasteiger partial charge in [-0.25, -0.2) is 0 Å².